The number of nitrogens with one attached hydrogen (secondary N) is 1. The number of nitrogens with zero attached hydrogens (tertiary/aromatic N) is 1. The first-order valence-electron chi connectivity index (χ1n) is 5.94. The second-order valence-electron chi connectivity index (χ2n) is 4.28. The molecule has 0 aliphatic rings. The van der Waals surface area contributed by atoms with Gasteiger partial charge in [0.2, 0.25) is 0 Å². The van der Waals surface area contributed by atoms with Gasteiger partial charge in [-0.25, -0.2) is 4.98 Å². The van der Waals surface area contributed by atoms with Crippen LogP contribution in [0, 0.1) is 6.92 Å². The molecule has 0 saturated heterocycles. The molecule has 0 atom stereocenters. The molecule has 1 heterocycles. The summed E-state index contributed by atoms with van der Waals surface area (Å²) in [5, 5.41) is 5.99. The zero-order chi connectivity index (χ0) is 12.4. The maximum atomic E-state index is 4.26. The van der Waals surface area contributed by atoms with E-state index in [2.05, 4.69) is 52.8 Å². The number of aromatic nitrogens is 1. The van der Waals surface area contributed by atoms with Crippen molar-refractivity contribution in [1.29, 1.82) is 0 Å². The molecule has 0 unspecified atom stereocenters. The Bertz CT molecular complexity index is 673. The third-order valence-electron chi connectivity index (χ3n) is 3.05. The van der Waals surface area contributed by atoms with E-state index in [0.29, 0.717) is 0 Å². The summed E-state index contributed by atoms with van der Waals surface area (Å²) in [6.07, 6.45) is 0. The number of thiazole rings is 1. The Balaban J connectivity index is 1.81. The third kappa shape index (κ3) is 2.22. The topological polar surface area (TPSA) is 24.9 Å². The van der Waals surface area contributed by atoms with Gasteiger partial charge in [-0.05, 0) is 29.8 Å². The molecule has 3 aromatic rings. The molecular formula is C15H14N2S. The van der Waals surface area contributed by atoms with Crippen molar-refractivity contribution in [3.8, 4) is 0 Å². The molecule has 2 nitrogen and oxygen atoms in total. The molecule has 2 aromatic carbocycles. The lowest BCUT2D eigenvalue weighted by Gasteiger charge is -2.06. The van der Waals surface area contributed by atoms with E-state index in [0.717, 1.165) is 17.9 Å². The predicted molar refractivity (Wildman–Crippen MR) is 78.1 cm³/mol. The Labute approximate surface area is 110 Å². The molecule has 0 radical (unpaired) electrons. The number of anilines is 1. The van der Waals surface area contributed by atoms with Crippen LogP contribution in [-0.4, -0.2) is 4.98 Å². The van der Waals surface area contributed by atoms with Crippen molar-refractivity contribution in [2.75, 3.05) is 5.32 Å². The highest BCUT2D eigenvalue weighted by molar-refractivity contribution is 7.09. The average molecular weight is 254 g/mol. The molecule has 0 saturated carbocycles. The Kier molecular flexibility index (Phi) is 2.99. The van der Waals surface area contributed by atoms with Crippen molar-refractivity contribution in [2.24, 2.45) is 0 Å². The lowest BCUT2D eigenvalue weighted by molar-refractivity contribution is 1.12. The fourth-order valence-electron chi connectivity index (χ4n) is 1.98. The summed E-state index contributed by atoms with van der Waals surface area (Å²) in [6.45, 7) is 2.89. The lowest BCUT2D eigenvalue weighted by Crippen LogP contribution is -1.98. The van der Waals surface area contributed by atoms with Gasteiger partial charge in [0.15, 0.2) is 0 Å². The summed E-state index contributed by atoms with van der Waals surface area (Å²) in [4.78, 5) is 5.55. The molecule has 1 aromatic heterocycles. The number of rotatable bonds is 3. The van der Waals surface area contributed by atoms with Gasteiger partial charge >= 0.3 is 0 Å². The van der Waals surface area contributed by atoms with E-state index < -0.39 is 0 Å². The first-order valence-corrected chi connectivity index (χ1v) is 6.82. The van der Waals surface area contributed by atoms with E-state index in [1.807, 2.05) is 12.4 Å². The number of benzene rings is 2. The maximum Gasteiger partial charge on any atom is 0.0798 e. The van der Waals surface area contributed by atoms with Gasteiger partial charge in [0.05, 0.1) is 17.7 Å². The second-order valence-corrected chi connectivity index (χ2v) is 5.22. The number of hydrogen-bond acceptors (Lipinski definition) is 3. The Morgan fingerprint density at radius 2 is 1.94 bits per heavy atom. The van der Waals surface area contributed by atoms with Crippen LogP contribution in [0.4, 0.5) is 5.69 Å². The Hall–Kier alpha value is -1.87. The van der Waals surface area contributed by atoms with Gasteiger partial charge in [-0.3, -0.25) is 0 Å². The zero-order valence-electron chi connectivity index (χ0n) is 10.2. The normalized spacial score (nSPS) is 10.7. The summed E-state index contributed by atoms with van der Waals surface area (Å²) >= 11 is 1.70. The van der Waals surface area contributed by atoms with Crippen LogP contribution in [0.25, 0.3) is 10.8 Å². The van der Waals surface area contributed by atoms with Crippen LogP contribution >= 0.6 is 11.3 Å². The molecule has 90 valence electrons. The molecule has 0 bridgehead atoms. The van der Waals surface area contributed by atoms with Crippen LogP contribution in [0.1, 0.15) is 10.6 Å². The van der Waals surface area contributed by atoms with Crippen LogP contribution < -0.4 is 5.32 Å². The molecular weight excluding hydrogens is 240 g/mol. The van der Waals surface area contributed by atoms with Crippen molar-refractivity contribution in [2.45, 2.75) is 13.5 Å². The molecule has 1 N–H and O–H groups in total. The van der Waals surface area contributed by atoms with E-state index in [9.17, 15) is 0 Å². The molecule has 0 aliphatic heterocycles. The van der Waals surface area contributed by atoms with Crippen LogP contribution in [0.3, 0.4) is 0 Å². The van der Waals surface area contributed by atoms with Crippen LogP contribution in [0.2, 0.25) is 0 Å². The van der Waals surface area contributed by atoms with Gasteiger partial charge in [-0.15, -0.1) is 11.3 Å². The van der Waals surface area contributed by atoms with E-state index in [-0.39, 0.29) is 0 Å². The molecule has 0 aliphatic carbocycles. The van der Waals surface area contributed by atoms with Gasteiger partial charge < -0.3 is 5.32 Å². The molecule has 0 amide bonds. The number of aryl methyl sites for hydroxylation is 1. The number of hydrogen-bond donors (Lipinski definition) is 1. The van der Waals surface area contributed by atoms with Gasteiger partial charge in [0, 0.05) is 10.6 Å². The Morgan fingerprint density at radius 1 is 1.11 bits per heavy atom. The van der Waals surface area contributed by atoms with Crippen LogP contribution in [0.5, 0.6) is 0 Å². The van der Waals surface area contributed by atoms with Crippen molar-refractivity contribution in [1.82, 2.24) is 4.98 Å². The van der Waals surface area contributed by atoms with E-state index in [4.69, 9.17) is 0 Å². The summed E-state index contributed by atoms with van der Waals surface area (Å²) in [6, 6.07) is 14.9. The SMILES string of the molecule is Cc1ncsc1CNc1ccc2ccccc2c1. The van der Waals surface area contributed by atoms with Gasteiger partial charge in [0.25, 0.3) is 0 Å². The van der Waals surface area contributed by atoms with E-state index >= 15 is 0 Å². The quantitative estimate of drug-likeness (QED) is 0.757. The number of fused-ring (bicyclic) bond motifs is 1. The second kappa shape index (κ2) is 4.78. The van der Waals surface area contributed by atoms with Crippen LogP contribution in [0.15, 0.2) is 48.0 Å². The highest BCUT2D eigenvalue weighted by Gasteiger charge is 2.01. The van der Waals surface area contributed by atoms with Gasteiger partial charge in [0.1, 0.15) is 0 Å². The predicted octanol–water partition coefficient (Wildman–Crippen LogP) is 4.22. The molecule has 0 fully saturated rings. The zero-order valence-corrected chi connectivity index (χ0v) is 11.0. The van der Waals surface area contributed by atoms with Crippen LogP contribution in [-0.2, 0) is 6.54 Å². The van der Waals surface area contributed by atoms with E-state index in [1.165, 1.54) is 15.6 Å². The minimum atomic E-state index is 0.842. The molecule has 18 heavy (non-hydrogen) atoms. The van der Waals surface area contributed by atoms with Crippen molar-refractivity contribution in [3.05, 3.63) is 58.5 Å². The van der Waals surface area contributed by atoms with Gasteiger partial charge in [-0.1, -0.05) is 30.3 Å². The lowest BCUT2D eigenvalue weighted by atomic mass is 10.1. The summed E-state index contributed by atoms with van der Waals surface area (Å²) in [5.74, 6) is 0. The molecule has 3 heteroatoms. The first-order chi connectivity index (χ1) is 8.83. The minimum Gasteiger partial charge on any atom is -0.380 e. The van der Waals surface area contributed by atoms with Crippen molar-refractivity contribution < 1.29 is 0 Å². The van der Waals surface area contributed by atoms with Gasteiger partial charge in [-0.2, -0.15) is 0 Å². The Morgan fingerprint density at radius 3 is 2.72 bits per heavy atom. The smallest absolute Gasteiger partial charge is 0.0798 e. The standard InChI is InChI=1S/C15H14N2S/c1-11-15(18-10-17-11)9-16-14-7-6-12-4-2-3-5-13(12)8-14/h2-8,10,16H,9H2,1H3. The largest absolute Gasteiger partial charge is 0.380 e. The highest BCUT2D eigenvalue weighted by atomic mass is 32.1. The summed E-state index contributed by atoms with van der Waals surface area (Å²) < 4.78 is 0. The first kappa shape index (κ1) is 11.2. The molecule has 3 rings (SSSR count). The van der Waals surface area contributed by atoms with Crippen molar-refractivity contribution in [3.63, 3.8) is 0 Å². The third-order valence-corrected chi connectivity index (χ3v) is 3.98. The minimum absolute atomic E-state index is 0.842. The monoisotopic (exact) mass is 254 g/mol. The average Bonchev–Trinajstić information content (AvgIpc) is 2.82. The molecule has 0 spiro atoms. The van der Waals surface area contributed by atoms with Crippen molar-refractivity contribution >= 4 is 27.8 Å². The maximum absolute atomic E-state index is 4.26. The van der Waals surface area contributed by atoms with E-state index in [1.54, 1.807) is 11.3 Å². The fraction of sp³-hybridized carbons (Fsp3) is 0.133. The highest BCUT2D eigenvalue weighted by Crippen LogP contribution is 2.20. The fourth-order valence-corrected chi connectivity index (χ4v) is 2.69. The summed E-state index contributed by atoms with van der Waals surface area (Å²) in [7, 11) is 0. The summed E-state index contributed by atoms with van der Waals surface area (Å²) in [5.41, 5.74) is 4.17.